The van der Waals surface area contributed by atoms with Crippen LogP contribution in [0.1, 0.15) is 32.3 Å². The highest BCUT2D eigenvalue weighted by Gasteiger charge is 2.52. The van der Waals surface area contributed by atoms with Crippen LogP contribution in [0.3, 0.4) is 0 Å². The van der Waals surface area contributed by atoms with E-state index in [-0.39, 0.29) is 24.0 Å². The molecule has 212 valence electrons. The zero-order chi connectivity index (χ0) is 29.3. The van der Waals surface area contributed by atoms with Gasteiger partial charge < -0.3 is 9.80 Å². The fourth-order valence-corrected chi connectivity index (χ4v) is 10.2. The van der Waals surface area contributed by atoms with E-state index >= 15 is 4.39 Å². The number of fused-ring (bicyclic) bond motifs is 8. The summed E-state index contributed by atoms with van der Waals surface area (Å²) in [6, 6.07) is 27.8. The Hall–Kier alpha value is -4.22. The van der Waals surface area contributed by atoms with Crippen LogP contribution >= 0.6 is 11.8 Å². The van der Waals surface area contributed by atoms with Gasteiger partial charge in [0.15, 0.2) is 0 Å². The Labute approximate surface area is 262 Å². The Morgan fingerprint density at radius 2 is 1.70 bits per heavy atom. The predicted octanol–water partition coefficient (Wildman–Crippen LogP) is 8.48. The van der Waals surface area contributed by atoms with E-state index in [4.69, 9.17) is 0 Å². The van der Waals surface area contributed by atoms with Gasteiger partial charge in [-0.2, -0.15) is 0 Å². The number of rotatable bonds is 1. The van der Waals surface area contributed by atoms with E-state index in [1.807, 2.05) is 23.9 Å². The van der Waals surface area contributed by atoms with Crippen LogP contribution in [0.4, 0.5) is 27.1 Å². The summed E-state index contributed by atoms with van der Waals surface area (Å²) in [4.78, 5) is 6.46. The third-order valence-corrected chi connectivity index (χ3v) is 12.0. The Balaban J connectivity index is 1.37. The van der Waals surface area contributed by atoms with E-state index in [0.29, 0.717) is 10.8 Å². The number of thioether (sulfide) groups is 1. The molecule has 2 aliphatic carbocycles. The van der Waals surface area contributed by atoms with Crippen molar-refractivity contribution in [2.45, 2.75) is 48.3 Å². The SMILES string of the molecule is CC1(C)C2=C3C(=CCC2)B2c4cccc5c4N(c4cc(-c6ccccc6F)cc(c42)N3c2ccccc21)C1C=CC=CC1S5. The number of para-hydroxylation sites is 2. The molecule has 0 saturated heterocycles. The molecule has 0 spiro atoms. The minimum Gasteiger partial charge on any atom is -0.333 e. The molecule has 6 aliphatic rings. The molecule has 2 nitrogen and oxygen atoms in total. The number of hydrogen-bond donors (Lipinski definition) is 0. The van der Waals surface area contributed by atoms with E-state index < -0.39 is 0 Å². The standard InChI is InChI=1S/C39H30BFN2S/c1-39(2)25-12-4-6-17-30(25)42-32-21-23(24-11-3-5-16-29(24)41)22-33-36(32)40(27-14-9-13-26(39)37(27)42)28-15-10-20-35-38(28)43(33)31-18-7-8-19-34(31)44-35/h3-8,10-12,14-22,31,34H,9,13H2,1-2H3. The Bertz CT molecular complexity index is 2090. The first-order valence-corrected chi connectivity index (χ1v) is 16.6. The molecule has 5 heteroatoms. The van der Waals surface area contributed by atoms with Gasteiger partial charge in [-0.1, -0.05) is 92.8 Å². The van der Waals surface area contributed by atoms with Gasteiger partial charge in [0.25, 0.3) is 6.71 Å². The summed E-state index contributed by atoms with van der Waals surface area (Å²) < 4.78 is 15.6. The van der Waals surface area contributed by atoms with Gasteiger partial charge in [0.05, 0.1) is 22.7 Å². The van der Waals surface area contributed by atoms with Gasteiger partial charge in [-0.05, 0) is 76.3 Å². The Kier molecular flexibility index (Phi) is 4.97. The lowest BCUT2D eigenvalue weighted by atomic mass is 9.31. The van der Waals surface area contributed by atoms with Crippen LogP contribution in [0.5, 0.6) is 0 Å². The summed E-state index contributed by atoms with van der Waals surface area (Å²) in [6.45, 7) is 4.93. The maximum absolute atomic E-state index is 15.6. The molecule has 4 heterocycles. The third kappa shape index (κ3) is 3.08. The zero-order valence-electron chi connectivity index (χ0n) is 24.7. The van der Waals surface area contributed by atoms with Crippen molar-refractivity contribution in [1.82, 2.24) is 0 Å². The molecule has 0 saturated carbocycles. The van der Waals surface area contributed by atoms with Crippen molar-refractivity contribution >= 4 is 52.1 Å². The number of benzene rings is 4. The summed E-state index contributed by atoms with van der Waals surface area (Å²) in [5, 5.41) is 0.308. The van der Waals surface area contributed by atoms with Crippen LogP contribution in [0, 0.1) is 5.82 Å². The quantitative estimate of drug-likeness (QED) is 0.206. The summed E-state index contributed by atoms with van der Waals surface area (Å²) >= 11 is 1.98. The minimum atomic E-state index is -0.185. The topological polar surface area (TPSA) is 6.48 Å². The van der Waals surface area contributed by atoms with E-state index in [0.717, 1.165) is 18.4 Å². The summed E-state index contributed by atoms with van der Waals surface area (Å²) in [6.07, 6.45) is 13.7. The average Bonchev–Trinajstić information content (AvgIpc) is 3.05. The maximum atomic E-state index is 15.6. The third-order valence-electron chi connectivity index (χ3n) is 10.7. The lowest BCUT2D eigenvalue weighted by Gasteiger charge is -2.54. The highest BCUT2D eigenvalue weighted by molar-refractivity contribution is 8.00. The van der Waals surface area contributed by atoms with Gasteiger partial charge in [-0.3, -0.25) is 0 Å². The second-order valence-corrected chi connectivity index (χ2v) is 14.5. The van der Waals surface area contributed by atoms with Crippen LogP contribution in [-0.4, -0.2) is 18.0 Å². The summed E-state index contributed by atoms with van der Waals surface area (Å²) in [5.74, 6) is -0.185. The molecule has 0 N–H and O–H groups in total. The molecule has 2 unspecified atom stereocenters. The monoisotopic (exact) mass is 588 g/mol. The van der Waals surface area contributed by atoms with Gasteiger partial charge in [-0.15, -0.1) is 11.8 Å². The smallest absolute Gasteiger partial charge is 0.251 e. The summed E-state index contributed by atoms with van der Waals surface area (Å²) in [5.41, 5.74) is 14.8. The zero-order valence-corrected chi connectivity index (χ0v) is 25.5. The van der Waals surface area contributed by atoms with Crippen molar-refractivity contribution < 1.29 is 4.39 Å². The largest absolute Gasteiger partial charge is 0.333 e. The van der Waals surface area contributed by atoms with Gasteiger partial charge in [0, 0.05) is 32.9 Å². The lowest BCUT2D eigenvalue weighted by Crippen LogP contribution is -2.61. The van der Waals surface area contributed by atoms with Crippen molar-refractivity contribution in [3.8, 4) is 11.1 Å². The van der Waals surface area contributed by atoms with Crippen LogP contribution in [0.25, 0.3) is 11.1 Å². The lowest BCUT2D eigenvalue weighted by molar-refractivity contribution is 0.569. The molecule has 0 fully saturated rings. The van der Waals surface area contributed by atoms with Crippen molar-refractivity contribution in [3.05, 3.63) is 137 Å². The molecule has 0 amide bonds. The molecule has 4 aromatic rings. The highest BCUT2D eigenvalue weighted by Crippen LogP contribution is 2.57. The molecule has 0 radical (unpaired) electrons. The van der Waals surface area contributed by atoms with E-state index in [1.54, 1.807) is 12.1 Å². The van der Waals surface area contributed by atoms with Crippen LogP contribution in [0.15, 0.2) is 131 Å². The molecule has 0 bridgehead atoms. The second kappa shape index (κ2) is 8.70. The van der Waals surface area contributed by atoms with Crippen LogP contribution in [-0.2, 0) is 5.41 Å². The van der Waals surface area contributed by atoms with Gasteiger partial charge in [0.1, 0.15) is 5.82 Å². The average molecular weight is 589 g/mol. The van der Waals surface area contributed by atoms with E-state index in [2.05, 4.69) is 109 Å². The van der Waals surface area contributed by atoms with E-state index in [9.17, 15) is 0 Å². The first-order chi connectivity index (χ1) is 21.5. The molecule has 44 heavy (non-hydrogen) atoms. The van der Waals surface area contributed by atoms with Crippen molar-refractivity contribution in [1.29, 1.82) is 0 Å². The summed E-state index contributed by atoms with van der Waals surface area (Å²) in [7, 11) is 0. The van der Waals surface area contributed by atoms with Crippen LogP contribution in [0.2, 0.25) is 0 Å². The predicted molar refractivity (Wildman–Crippen MR) is 183 cm³/mol. The molecule has 10 rings (SSSR count). The second-order valence-electron chi connectivity index (χ2n) is 13.3. The first-order valence-electron chi connectivity index (χ1n) is 15.7. The van der Waals surface area contributed by atoms with Crippen molar-refractivity contribution in [3.63, 3.8) is 0 Å². The van der Waals surface area contributed by atoms with Gasteiger partial charge >= 0.3 is 0 Å². The number of hydrogen-bond acceptors (Lipinski definition) is 3. The number of halogens is 1. The minimum absolute atomic E-state index is 0.0788. The van der Waals surface area contributed by atoms with Crippen molar-refractivity contribution in [2.75, 3.05) is 9.80 Å². The van der Waals surface area contributed by atoms with Gasteiger partial charge in [0.2, 0.25) is 0 Å². The molecule has 2 atom stereocenters. The Morgan fingerprint density at radius 3 is 2.61 bits per heavy atom. The molecule has 4 aromatic carbocycles. The first kappa shape index (κ1) is 25.1. The highest BCUT2D eigenvalue weighted by atomic mass is 32.2. The Morgan fingerprint density at radius 1 is 0.886 bits per heavy atom. The van der Waals surface area contributed by atoms with E-state index in [1.165, 1.54) is 60.9 Å². The molecule has 4 aliphatic heterocycles. The normalized spacial score (nSPS) is 22.5. The molecular weight excluding hydrogens is 558 g/mol. The maximum Gasteiger partial charge on any atom is 0.251 e. The van der Waals surface area contributed by atoms with Gasteiger partial charge in [-0.25, -0.2) is 4.39 Å². The van der Waals surface area contributed by atoms with Crippen LogP contribution < -0.4 is 20.7 Å². The number of nitrogens with zero attached hydrogens (tertiary/aromatic N) is 2. The number of anilines is 4. The number of allylic oxidation sites excluding steroid dienone is 5. The molecular formula is C39H30BFN2S. The van der Waals surface area contributed by atoms with Crippen molar-refractivity contribution in [2.24, 2.45) is 0 Å². The fourth-order valence-electron chi connectivity index (χ4n) is 8.87. The fraction of sp³-hybridized carbons (Fsp3) is 0.179. The molecule has 0 aromatic heterocycles.